The normalized spacial score (nSPS) is 13.6. The second-order valence-corrected chi connectivity index (χ2v) is 9.28. The molecule has 1 aliphatic rings. The molecule has 1 atom stereocenters. The number of hydrogen-bond acceptors (Lipinski definition) is 8. The average Bonchev–Trinajstić information content (AvgIpc) is 2.90. The van der Waals surface area contributed by atoms with Gasteiger partial charge in [-0.25, -0.2) is 15.0 Å². The molecule has 0 saturated carbocycles. The van der Waals surface area contributed by atoms with Gasteiger partial charge < -0.3 is 20.7 Å². The maximum absolute atomic E-state index is 5.84. The van der Waals surface area contributed by atoms with Crippen LogP contribution in [0.4, 0.5) is 17.5 Å². The zero-order valence-corrected chi connectivity index (χ0v) is 21.5. The molecule has 0 bridgehead atoms. The molecule has 176 valence electrons. The molecule has 1 aliphatic heterocycles. The third kappa shape index (κ3) is 4.76. The van der Waals surface area contributed by atoms with Gasteiger partial charge in [0, 0.05) is 42.1 Å². The summed E-state index contributed by atoms with van der Waals surface area (Å²) in [5.41, 5.74) is 12.5. The van der Waals surface area contributed by atoms with Gasteiger partial charge >= 0.3 is 6.01 Å². The minimum absolute atomic E-state index is 0.0425. The first kappa shape index (κ1) is 23.0. The van der Waals surface area contributed by atoms with Gasteiger partial charge in [0.25, 0.3) is 0 Å². The Morgan fingerprint density at radius 1 is 1.03 bits per heavy atom. The van der Waals surface area contributed by atoms with E-state index in [1.807, 2.05) is 6.07 Å². The van der Waals surface area contributed by atoms with E-state index < -0.39 is 0 Å². The van der Waals surface area contributed by atoms with Crippen LogP contribution in [0.5, 0.6) is 6.01 Å². The van der Waals surface area contributed by atoms with Crippen molar-refractivity contribution in [1.29, 1.82) is 0 Å². The lowest BCUT2D eigenvalue weighted by Crippen LogP contribution is -2.35. The highest BCUT2D eigenvalue weighted by molar-refractivity contribution is 14.1. The number of halogens is 1. The minimum Gasteiger partial charge on any atom is -0.467 e. The molecule has 0 spiro atoms. The fourth-order valence-corrected chi connectivity index (χ4v) is 4.62. The zero-order valence-electron chi connectivity index (χ0n) is 19.3. The Bertz CT molecular complexity index is 1380. The Morgan fingerprint density at radius 3 is 2.54 bits per heavy atom. The van der Waals surface area contributed by atoms with E-state index in [9.17, 15) is 0 Å². The van der Waals surface area contributed by atoms with Crippen molar-refractivity contribution >= 4 is 46.1 Å². The van der Waals surface area contributed by atoms with E-state index in [0.29, 0.717) is 12.6 Å². The highest BCUT2D eigenvalue weighted by Crippen LogP contribution is 2.37. The summed E-state index contributed by atoms with van der Waals surface area (Å²) >= 11 is 2.22. The van der Waals surface area contributed by atoms with E-state index in [0.717, 1.165) is 37.5 Å². The summed E-state index contributed by atoms with van der Waals surface area (Å²) in [6.07, 6.45) is 7.56. The Hall–Kier alpha value is -3.73. The van der Waals surface area contributed by atoms with Gasteiger partial charge in [-0.2, -0.15) is 4.98 Å². The van der Waals surface area contributed by atoms with Crippen LogP contribution in [-0.4, -0.2) is 33.1 Å². The van der Waals surface area contributed by atoms with Gasteiger partial charge in [0.2, 0.25) is 5.95 Å². The van der Waals surface area contributed by atoms with Crippen molar-refractivity contribution in [3.63, 3.8) is 0 Å². The molecule has 4 aromatic rings. The molecular weight excluding hydrogens is 553 g/mol. The molecule has 0 unspecified atom stereocenters. The molecule has 3 heterocycles. The molecule has 5 rings (SSSR count). The molecule has 2 aromatic heterocycles. The number of rotatable bonds is 6. The maximum Gasteiger partial charge on any atom is 0.316 e. The number of anilines is 3. The van der Waals surface area contributed by atoms with Crippen LogP contribution >= 0.6 is 22.6 Å². The van der Waals surface area contributed by atoms with Crippen LogP contribution in [0.3, 0.4) is 0 Å². The van der Waals surface area contributed by atoms with Gasteiger partial charge in [0.05, 0.1) is 16.7 Å². The molecule has 3 N–H and O–H groups in total. The number of ether oxygens (including phenoxy) is 1. The van der Waals surface area contributed by atoms with Crippen LogP contribution in [0.1, 0.15) is 18.1 Å². The molecular formula is C26H24IN7O. The molecule has 0 aliphatic carbocycles. The third-order valence-electron chi connectivity index (χ3n) is 5.89. The van der Waals surface area contributed by atoms with Crippen LogP contribution in [0, 0.1) is 3.57 Å². The summed E-state index contributed by atoms with van der Waals surface area (Å²) in [6, 6.07) is 17.0. The topological polar surface area (TPSA) is 102 Å². The number of nitrogens with zero attached hydrogens (tertiary/aromatic N) is 5. The van der Waals surface area contributed by atoms with Crippen molar-refractivity contribution in [3.05, 3.63) is 87.5 Å². The molecule has 9 heteroatoms. The quantitative estimate of drug-likeness (QED) is 0.309. The van der Waals surface area contributed by atoms with Crippen molar-refractivity contribution < 1.29 is 4.74 Å². The van der Waals surface area contributed by atoms with Crippen molar-refractivity contribution in [2.24, 2.45) is 0 Å². The molecule has 8 nitrogen and oxygen atoms in total. The van der Waals surface area contributed by atoms with E-state index in [1.165, 1.54) is 5.56 Å². The second-order valence-electron chi connectivity index (χ2n) is 8.11. The number of aromatic nitrogens is 4. The average molecular weight is 577 g/mol. The van der Waals surface area contributed by atoms with Crippen molar-refractivity contribution in [3.8, 4) is 17.1 Å². The second kappa shape index (κ2) is 9.87. The summed E-state index contributed by atoms with van der Waals surface area (Å²) < 4.78 is 6.04. The number of nitrogens with one attached hydrogen (secondary N) is 1. The summed E-state index contributed by atoms with van der Waals surface area (Å²) in [5.74, 6) is 0.962. The summed E-state index contributed by atoms with van der Waals surface area (Å²) in [4.78, 5) is 19.4. The fourth-order valence-electron chi connectivity index (χ4n) is 4.20. The number of para-hydroxylation sites is 1. The first-order valence-electron chi connectivity index (χ1n) is 11.1. The van der Waals surface area contributed by atoms with Crippen LogP contribution in [0.25, 0.3) is 17.2 Å². The van der Waals surface area contributed by atoms with Gasteiger partial charge in [0.15, 0.2) is 0 Å². The lowest BCUT2D eigenvalue weighted by Gasteiger charge is -2.36. The smallest absolute Gasteiger partial charge is 0.316 e. The molecule has 0 amide bonds. The van der Waals surface area contributed by atoms with Crippen molar-refractivity contribution in [1.82, 2.24) is 19.9 Å². The van der Waals surface area contributed by atoms with Crippen molar-refractivity contribution in [2.75, 3.05) is 23.1 Å². The largest absolute Gasteiger partial charge is 0.467 e. The van der Waals surface area contributed by atoms with Crippen LogP contribution in [-0.2, 0) is 6.54 Å². The molecule has 0 fully saturated rings. The summed E-state index contributed by atoms with van der Waals surface area (Å²) in [6.45, 7) is 2.82. The predicted molar refractivity (Wildman–Crippen MR) is 147 cm³/mol. The minimum atomic E-state index is -0.0425. The first-order chi connectivity index (χ1) is 17.0. The number of benzene rings is 2. The lowest BCUT2D eigenvalue weighted by molar-refractivity contribution is 0.380. The number of fused-ring (bicyclic) bond motifs is 1. The summed E-state index contributed by atoms with van der Waals surface area (Å²) in [5, 5.41) is 3.53. The van der Waals surface area contributed by atoms with Crippen LogP contribution in [0.2, 0.25) is 0 Å². The molecule has 0 saturated heterocycles. The van der Waals surface area contributed by atoms with Gasteiger partial charge in [0.1, 0.15) is 5.82 Å². The monoisotopic (exact) mass is 577 g/mol. The molecule has 0 radical (unpaired) electrons. The van der Waals surface area contributed by atoms with Gasteiger partial charge in [-0.15, -0.1) is 0 Å². The first-order valence-corrected chi connectivity index (χ1v) is 12.2. The van der Waals surface area contributed by atoms with Gasteiger partial charge in [-0.3, -0.25) is 0 Å². The van der Waals surface area contributed by atoms with Gasteiger partial charge in [-0.1, -0.05) is 36.4 Å². The highest BCUT2D eigenvalue weighted by Gasteiger charge is 2.26. The Kier molecular flexibility index (Phi) is 6.49. The maximum atomic E-state index is 5.84. The van der Waals surface area contributed by atoms with E-state index in [1.54, 1.807) is 25.7 Å². The zero-order chi connectivity index (χ0) is 24.4. The van der Waals surface area contributed by atoms with Crippen LogP contribution in [0.15, 0.2) is 72.8 Å². The summed E-state index contributed by atoms with van der Waals surface area (Å²) in [7, 11) is 1.56. The van der Waals surface area contributed by atoms with E-state index in [4.69, 9.17) is 10.5 Å². The lowest BCUT2D eigenvalue weighted by atomic mass is 9.91. The number of hydrogen-bond donors (Lipinski definition) is 2. The number of nitrogens with two attached hydrogens (primary N) is 1. The third-order valence-corrected chi connectivity index (χ3v) is 6.68. The predicted octanol–water partition coefficient (Wildman–Crippen LogP) is 4.99. The van der Waals surface area contributed by atoms with E-state index in [-0.39, 0.29) is 12.0 Å². The Balaban J connectivity index is 1.58. The Morgan fingerprint density at radius 2 is 1.80 bits per heavy atom. The van der Waals surface area contributed by atoms with E-state index >= 15 is 0 Å². The number of methoxy groups -OCH3 is 1. The molecule has 35 heavy (non-hydrogen) atoms. The standard InChI is InChI=1S/C26H24IN7O/c1-16(32-24-22(27)14-29-25(28)33-24)23-11-17-7-6-10-20(18-12-30-26(35-2)31-13-18)21(17)15-34(23)19-8-4-3-5-9-19/h3-14,16H,15H2,1-2H3,(H3,28,29,32,33)/t16-/m0/s1. The highest BCUT2D eigenvalue weighted by atomic mass is 127. The van der Waals surface area contributed by atoms with Crippen LogP contribution < -0.4 is 20.7 Å². The number of nitrogen functional groups attached to an aromatic ring is 1. The fraction of sp³-hybridized carbons (Fsp3) is 0.154. The molecule has 2 aromatic carbocycles. The van der Waals surface area contributed by atoms with Gasteiger partial charge in [-0.05, 0) is 64.4 Å². The Labute approximate surface area is 217 Å². The van der Waals surface area contributed by atoms with Crippen molar-refractivity contribution in [2.45, 2.75) is 19.5 Å². The van der Waals surface area contributed by atoms with E-state index in [2.05, 4.69) is 108 Å². The SMILES string of the molecule is COc1ncc(-c2cccc3c2CN(c2ccccc2)C([C@H](C)Nc2nc(N)ncc2I)=C3)cn1.